The van der Waals surface area contributed by atoms with Gasteiger partial charge < -0.3 is 20.8 Å². The van der Waals surface area contributed by atoms with E-state index in [0.717, 1.165) is 13.0 Å². The van der Waals surface area contributed by atoms with Crippen LogP contribution < -0.4 is 10.6 Å². The van der Waals surface area contributed by atoms with Crippen LogP contribution in [0.5, 0.6) is 5.75 Å². The number of aromatic hydroxyl groups is 1. The van der Waals surface area contributed by atoms with E-state index in [1.165, 1.54) is 12.1 Å². The second kappa shape index (κ2) is 5.84. The van der Waals surface area contributed by atoms with Crippen LogP contribution in [0.1, 0.15) is 23.2 Å². The van der Waals surface area contributed by atoms with Gasteiger partial charge in [0.1, 0.15) is 5.75 Å². The summed E-state index contributed by atoms with van der Waals surface area (Å²) < 4.78 is 0. The summed E-state index contributed by atoms with van der Waals surface area (Å²) in [5, 5.41) is 25.0. The molecule has 5 heteroatoms. The van der Waals surface area contributed by atoms with Crippen LogP contribution >= 0.6 is 0 Å². The summed E-state index contributed by atoms with van der Waals surface area (Å²) in [6, 6.07) is 5.78. The van der Waals surface area contributed by atoms with Crippen LogP contribution in [0.4, 0.5) is 0 Å². The summed E-state index contributed by atoms with van der Waals surface area (Å²) in [6.07, 6.45) is 1.08. The molecule has 1 aromatic carbocycles. The minimum Gasteiger partial charge on any atom is -0.508 e. The van der Waals surface area contributed by atoms with Crippen LogP contribution in [0, 0.1) is 0 Å². The largest absolute Gasteiger partial charge is 0.508 e. The number of hydrogen-bond donors (Lipinski definition) is 4. The van der Waals surface area contributed by atoms with Crippen molar-refractivity contribution in [2.75, 3.05) is 13.1 Å². The number of phenols is 1. The number of amides is 1. The van der Waals surface area contributed by atoms with Crippen molar-refractivity contribution in [3.8, 4) is 5.75 Å². The zero-order chi connectivity index (χ0) is 13.0. The van der Waals surface area contributed by atoms with E-state index in [1.807, 2.05) is 0 Å². The molecule has 1 saturated heterocycles. The molecule has 18 heavy (non-hydrogen) atoms. The number of rotatable bonds is 2. The molecule has 4 N–H and O–H groups in total. The first-order valence-electron chi connectivity index (χ1n) is 6.15. The van der Waals surface area contributed by atoms with E-state index in [1.54, 1.807) is 12.1 Å². The third-order valence-corrected chi connectivity index (χ3v) is 3.13. The molecular formula is C13H18N2O3. The Balaban J connectivity index is 1.99. The Morgan fingerprint density at radius 1 is 1.33 bits per heavy atom. The van der Waals surface area contributed by atoms with E-state index in [-0.39, 0.29) is 17.7 Å². The molecule has 0 aliphatic carbocycles. The molecule has 5 nitrogen and oxygen atoms in total. The Labute approximate surface area is 106 Å². The van der Waals surface area contributed by atoms with Gasteiger partial charge in [0.25, 0.3) is 5.91 Å². The lowest BCUT2D eigenvalue weighted by molar-refractivity contribution is 0.0833. The normalized spacial score (nSPS) is 24.3. The lowest BCUT2D eigenvalue weighted by Gasteiger charge is -2.21. The number of hydrogen-bond acceptors (Lipinski definition) is 4. The van der Waals surface area contributed by atoms with Gasteiger partial charge in [-0.1, -0.05) is 0 Å². The number of carbonyl (C=O) groups excluding carboxylic acids is 1. The Morgan fingerprint density at radius 2 is 2.06 bits per heavy atom. The zero-order valence-corrected chi connectivity index (χ0v) is 10.1. The van der Waals surface area contributed by atoms with Gasteiger partial charge in [-0.05, 0) is 43.7 Å². The fourth-order valence-corrected chi connectivity index (χ4v) is 2.04. The fourth-order valence-electron chi connectivity index (χ4n) is 2.04. The average Bonchev–Trinajstić information content (AvgIpc) is 2.56. The number of carbonyl (C=O) groups is 1. The SMILES string of the molecule is O=C(NC1CNCCCC1O)c1ccc(O)cc1. The highest BCUT2D eigenvalue weighted by Gasteiger charge is 2.23. The van der Waals surface area contributed by atoms with Crippen LogP contribution in [-0.2, 0) is 0 Å². The van der Waals surface area contributed by atoms with Crippen LogP contribution in [0.3, 0.4) is 0 Å². The Kier molecular flexibility index (Phi) is 4.17. The molecule has 0 radical (unpaired) electrons. The standard InChI is InChI=1S/C13H18N2O3/c16-10-5-3-9(4-6-10)13(18)15-11-8-14-7-1-2-12(11)17/h3-6,11-12,14,16-17H,1-2,7-8H2,(H,15,18). The molecule has 1 aliphatic heterocycles. The van der Waals surface area contributed by atoms with Gasteiger partial charge in [-0.15, -0.1) is 0 Å². The van der Waals surface area contributed by atoms with Crippen LogP contribution in [0.25, 0.3) is 0 Å². The van der Waals surface area contributed by atoms with Gasteiger partial charge >= 0.3 is 0 Å². The van der Waals surface area contributed by atoms with Gasteiger partial charge in [0.05, 0.1) is 12.1 Å². The summed E-state index contributed by atoms with van der Waals surface area (Å²) in [7, 11) is 0. The molecule has 0 spiro atoms. The smallest absolute Gasteiger partial charge is 0.251 e. The van der Waals surface area contributed by atoms with E-state index in [0.29, 0.717) is 18.5 Å². The monoisotopic (exact) mass is 250 g/mol. The predicted molar refractivity (Wildman–Crippen MR) is 67.5 cm³/mol. The minimum absolute atomic E-state index is 0.128. The molecule has 2 unspecified atom stereocenters. The molecule has 1 aromatic rings. The third kappa shape index (κ3) is 3.21. The molecule has 0 aromatic heterocycles. The molecule has 0 bridgehead atoms. The number of benzene rings is 1. The highest BCUT2D eigenvalue weighted by atomic mass is 16.3. The molecule has 0 saturated carbocycles. The van der Waals surface area contributed by atoms with Crippen molar-refractivity contribution in [2.45, 2.75) is 25.0 Å². The summed E-state index contributed by atoms with van der Waals surface area (Å²) in [5.41, 5.74) is 0.476. The van der Waals surface area contributed by atoms with Gasteiger partial charge in [-0.2, -0.15) is 0 Å². The molecular weight excluding hydrogens is 232 g/mol. The van der Waals surface area contributed by atoms with Crippen molar-refractivity contribution in [1.82, 2.24) is 10.6 Å². The first-order valence-corrected chi connectivity index (χ1v) is 6.15. The van der Waals surface area contributed by atoms with Crippen LogP contribution in [0.2, 0.25) is 0 Å². The van der Waals surface area contributed by atoms with Crippen molar-refractivity contribution in [1.29, 1.82) is 0 Å². The lowest BCUT2D eigenvalue weighted by atomic mass is 10.1. The molecule has 2 rings (SSSR count). The average molecular weight is 250 g/mol. The molecule has 1 heterocycles. The van der Waals surface area contributed by atoms with Crippen molar-refractivity contribution in [2.24, 2.45) is 0 Å². The van der Waals surface area contributed by atoms with Gasteiger partial charge in [-0.3, -0.25) is 4.79 Å². The van der Waals surface area contributed by atoms with Crippen molar-refractivity contribution >= 4 is 5.91 Å². The molecule has 98 valence electrons. The summed E-state index contributed by atoms with van der Waals surface area (Å²) >= 11 is 0. The quantitative estimate of drug-likeness (QED) is 0.606. The first kappa shape index (κ1) is 12.9. The fraction of sp³-hybridized carbons (Fsp3) is 0.462. The Hall–Kier alpha value is -1.59. The summed E-state index contributed by atoms with van der Waals surface area (Å²) in [4.78, 5) is 12.0. The highest BCUT2D eigenvalue weighted by molar-refractivity contribution is 5.94. The predicted octanol–water partition coefficient (Wildman–Crippen LogP) is 0.235. The van der Waals surface area contributed by atoms with Gasteiger partial charge in [0.15, 0.2) is 0 Å². The maximum Gasteiger partial charge on any atom is 0.251 e. The van der Waals surface area contributed by atoms with Crippen LogP contribution in [-0.4, -0.2) is 41.4 Å². The molecule has 2 atom stereocenters. The second-order valence-electron chi connectivity index (χ2n) is 4.54. The summed E-state index contributed by atoms with van der Waals surface area (Å²) in [5.74, 6) is -0.106. The van der Waals surface area contributed by atoms with Gasteiger partial charge in [0.2, 0.25) is 0 Å². The maximum atomic E-state index is 12.0. The third-order valence-electron chi connectivity index (χ3n) is 3.13. The maximum absolute atomic E-state index is 12.0. The number of nitrogens with one attached hydrogen (secondary N) is 2. The van der Waals surface area contributed by atoms with Crippen molar-refractivity contribution in [3.05, 3.63) is 29.8 Å². The van der Waals surface area contributed by atoms with Gasteiger partial charge in [0, 0.05) is 12.1 Å². The summed E-state index contributed by atoms with van der Waals surface area (Å²) in [6.45, 7) is 1.44. The minimum atomic E-state index is -0.513. The highest BCUT2D eigenvalue weighted by Crippen LogP contribution is 2.11. The van der Waals surface area contributed by atoms with Crippen molar-refractivity contribution < 1.29 is 15.0 Å². The van der Waals surface area contributed by atoms with Gasteiger partial charge in [-0.25, -0.2) is 0 Å². The van der Waals surface area contributed by atoms with E-state index >= 15 is 0 Å². The van der Waals surface area contributed by atoms with Crippen molar-refractivity contribution in [3.63, 3.8) is 0 Å². The molecule has 1 aliphatic rings. The molecule has 1 amide bonds. The Morgan fingerprint density at radius 3 is 2.78 bits per heavy atom. The Bertz CT molecular complexity index is 405. The zero-order valence-electron chi connectivity index (χ0n) is 10.1. The molecule has 1 fully saturated rings. The van der Waals surface area contributed by atoms with E-state index in [2.05, 4.69) is 10.6 Å². The number of aliphatic hydroxyl groups is 1. The number of phenolic OH excluding ortho intramolecular Hbond substituents is 1. The number of aliphatic hydroxyl groups excluding tert-OH is 1. The second-order valence-corrected chi connectivity index (χ2v) is 4.54. The van der Waals surface area contributed by atoms with E-state index in [9.17, 15) is 9.90 Å². The van der Waals surface area contributed by atoms with E-state index < -0.39 is 6.10 Å². The lowest BCUT2D eigenvalue weighted by Crippen LogP contribution is -2.47. The van der Waals surface area contributed by atoms with E-state index in [4.69, 9.17) is 5.11 Å². The van der Waals surface area contributed by atoms with Crippen LogP contribution in [0.15, 0.2) is 24.3 Å². The topological polar surface area (TPSA) is 81.6 Å². The first-order chi connectivity index (χ1) is 8.66.